The first-order valence-electron chi connectivity index (χ1n) is 10.6. The second-order valence-electron chi connectivity index (χ2n) is 7.82. The van der Waals surface area contributed by atoms with E-state index in [-0.39, 0.29) is 17.7 Å². The van der Waals surface area contributed by atoms with Crippen LogP contribution in [0.15, 0.2) is 24.3 Å². The van der Waals surface area contributed by atoms with Gasteiger partial charge in [0.15, 0.2) is 0 Å². The molecule has 2 fully saturated rings. The van der Waals surface area contributed by atoms with Gasteiger partial charge >= 0.3 is 6.09 Å². The van der Waals surface area contributed by atoms with Gasteiger partial charge in [-0.15, -0.1) is 0 Å². The molecule has 1 unspecified atom stereocenters. The van der Waals surface area contributed by atoms with Crippen LogP contribution in [0.25, 0.3) is 0 Å². The Balaban J connectivity index is 1.60. The van der Waals surface area contributed by atoms with E-state index in [2.05, 4.69) is 5.32 Å². The molecule has 1 aromatic carbocycles. The van der Waals surface area contributed by atoms with Gasteiger partial charge in [-0.25, -0.2) is 4.79 Å². The van der Waals surface area contributed by atoms with Gasteiger partial charge in [0.2, 0.25) is 11.8 Å². The monoisotopic (exact) mass is 401 g/mol. The van der Waals surface area contributed by atoms with Gasteiger partial charge in [-0.2, -0.15) is 0 Å². The van der Waals surface area contributed by atoms with E-state index < -0.39 is 12.1 Å². The van der Waals surface area contributed by atoms with Crippen LogP contribution in [0.3, 0.4) is 0 Å². The fraction of sp³-hybridized carbons (Fsp3) is 0.591. The quantitative estimate of drug-likeness (QED) is 0.814. The van der Waals surface area contributed by atoms with Gasteiger partial charge in [0.25, 0.3) is 0 Å². The number of benzene rings is 1. The first kappa shape index (κ1) is 21.1. The van der Waals surface area contributed by atoms with Gasteiger partial charge in [0, 0.05) is 30.9 Å². The summed E-state index contributed by atoms with van der Waals surface area (Å²) in [6, 6.07) is 6.63. The lowest BCUT2D eigenvalue weighted by atomic mass is 9.88. The van der Waals surface area contributed by atoms with Crippen molar-refractivity contribution < 1.29 is 19.1 Å². The number of hydrogen-bond donors (Lipinski definition) is 1. The van der Waals surface area contributed by atoms with Gasteiger partial charge < -0.3 is 15.0 Å². The molecule has 7 nitrogen and oxygen atoms in total. The van der Waals surface area contributed by atoms with Crippen LogP contribution in [-0.4, -0.2) is 49.0 Å². The lowest BCUT2D eigenvalue weighted by Gasteiger charge is -2.30. The largest absolute Gasteiger partial charge is 0.449 e. The zero-order chi connectivity index (χ0) is 20.8. The van der Waals surface area contributed by atoms with Crippen molar-refractivity contribution in [2.75, 3.05) is 30.4 Å². The summed E-state index contributed by atoms with van der Waals surface area (Å²) < 4.78 is 4.98. The molecule has 3 rings (SSSR count). The van der Waals surface area contributed by atoms with Crippen LogP contribution in [0.5, 0.6) is 0 Å². The molecule has 7 heteroatoms. The van der Waals surface area contributed by atoms with E-state index in [1.54, 1.807) is 43.1 Å². The fourth-order valence-electron chi connectivity index (χ4n) is 4.21. The molecule has 1 aromatic rings. The molecule has 1 heterocycles. The van der Waals surface area contributed by atoms with Crippen LogP contribution in [0.1, 0.15) is 51.9 Å². The molecule has 0 spiro atoms. The number of amides is 3. The summed E-state index contributed by atoms with van der Waals surface area (Å²) in [6.07, 6.45) is 6.44. The number of likely N-dealkylation sites (tertiary alicyclic amines) is 1. The van der Waals surface area contributed by atoms with Crippen molar-refractivity contribution >= 4 is 29.3 Å². The number of nitrogens with one attached hydrogen (secondary N) is 1. The highest BCUT2D eigenvalue weighted by molar-refractivity contribution is 5.98. The summed E-state index contributed by atoms with van der Waals surface area (Å²) in [5, 5.41) is 2.92. The predicted molar refractivity (Wildman–Crippen MR) is 112 cm³/mol. The number of carbonyl (C=O) groups is 3. The Labute approximate surface area is 172 Å². The molecule has 0 aromatic heterocycles. The maximum Gasteiger partial charge on any atom is 0.413 e. The van der Waals surface area contributed by atoms with Crippen LogP contribution in [0, 0.1) is 5.92 Å². The highest BCUT2D eigenvalue weighted by Gasteiger charge is 2.37. The van der Waals surface area contributed by atoms with E-state index in [1.807, 2.05) is 0 Å². The van der Waals surface area contributed by atoms with Crippen molar-refractivity contribution in [3.05, 3.63) is 24.3 Å². The van der Waals surface area contributed by atoms with Gasteiger partial charge in [0.1, 0.15) is 6.04 Å². The molecule has 1 saturated heterocycles. The Bertz CT molecular complexity index is 728. The molecule has 2 aliphatic rings. The lowest BCUT2D eigenvalue weighted by molar-refractivity contribution is -0.141. The van der Waals surface area contributed by atoms with E-state index >= 15 is 0 Å². The number of ether oxygens (including phenoxy) is 1. The van der Waals surface area contributed by atoms with Crippen molar-refractivity contribution in [2.45, 2.75) is 57.9 Å². The predicted octanol–water partition coefficient (Wildman–Crippen LogP) is 3.79. The van der Waals surface area contributed by atoms with E-state index in [0.717, 1.165) is 32.1 Å². The SMILES string of the molecule is CCOC(=O)N(C)c1ccc(NC(=O)C2CCCN2C(=O)C2CCCCC2)cc1. The van der Waals surface area contributed by atoms with Crippen molar-refractivity contribution in [3.8, 4) is 0 Å². The standard InChI is InChI=1S/C22H31N3O4/c1-3-29-22(28)24(2)18-13-11-17(12-14-18)23-20(26)19-10-7-15-25(19)21(27)16-8-5-4-6-9-16/h11-14,16,19H,3-10,15H2,1-2H3,(H,23,26). The van der Waals surface area contributed by atoms with Crippen LogP contribution >= 0.6 is 0 Å². The summed E-state index contributed by atoms with van der Waals surface area (Å²) in [4.78, 5) is 40.7. The number of carbonyl (C=O) groups excluding carboxylic acids is 3. The molecule has 158 valence electrons. The van der Waals surface area contributed by atoms with E-state index in [0.29, 0.717) is 30.9 Å². The second kappa shape index (κ2) is 9.76. The maximum atomic E-state index is 12.9. The Hall–Kier alpha value is -2.57. The van der Waals surface area contributed by atoms with E-state index in [1.165, 1.54) is 11.3 Å². The number of hydrogen-bond acceptors (Lipinski definition) is 4. The molecule has 1 saturated carbocycles. The number of anilines is 2. The van der Waals surface area contributed by atoms with Gasteiger partial charge in [0.05, 0.1) is 6.61 Å². The van der Waals surface area contributed by atoms with Crippen molar-refractivity contribution in [1.82, 2.24) is 4.90 Å². The zero-order valence-corrected chi connectivity index (χ0v) is 17.4. The minimum absolute atomic E-state index is 0.0786. The Morgan fingerprint density at radius 2 is 1.76 bits per heavy atom. The average molecular weight is 402 g/mol. The number of rotatable bonds is 5. The van der Waals surface area contributed by atoms with Gasteiger partial charge in [-0.05, 0) is 56.9 Å². The summed E-state index contributed by atoms with van der Waals surface area (Å²) in [5.41, 5.74) is 1.32. The normalized spacial score (nSPS) is 19.7. The van der Waals surface area contributed by atoms with Crippen molar-refractivity contribution in [2.24, 2.45) is 5.92 Å². The summed E-state index contributed by atoms with van der Waals surface area (Å²) in [6.45, 7) is 2.74. The van der Waals surface area contributed by atoms with Crippen LogP contribution in [-0.2, 0) is 14.3 Å². The first-order valence-corrected chi connectivity index (χ1v) is 10.6. The number of nitrogens with zero attached hydrogens (tertiary/aromatic N) is 2. The maximum absolute atomic E-state index is 12.9. The third-order valence-electron chi connectivity index (χ3n) is 5.86. The van der Waals surface area contributed by atoms with Crippen LogP contribution in [0.4, 0.5) is 16.2 Å². The second-order valence-corrected chi connectivity index (χ2v) is 7.82. The third-order valence-corrected chi connectivity index (χ3v) is 5.86. The van der Waals surface area contributed by atoms with Crippen molar-refractivity contribution in [1.29, 1.82) is 0 Å². The fourth-order valence-corrected chi connectivity index (χ4v) is 4.21. The zero-order valence-electron chi connectivity index (χ0n) is 17.4. The highest BCUT2D eigenvalue weighted by atomic mass is 16.6. The smallest absolute Gasteiger partial charge is 0.413 e. The Morgan fingerprint density at radius 1 is 1.07 bits per heavy atom. The van der Waals surface area contributed by atoms with Crippen molar-refractivity contribution in [3.63, 3.8) is 0 Å². The summed E-state index contributed by atoms with van der Waals surface area (Å²) in [7, 11) is 1.64. The minimum atomic E-state index is -0.424. The molecule has 0 radical (unpaired) electrons. The molecule has 0 bridgehead atoms. The van der Waals surface area contributed by atoms with Crippen LogP contribution < -0.4 is 10.2 Å². The van der Waals surface area contributed by atoms with E-state index in [9.17, 15) is 14.4 Å². The molecule has 1 aliphatic carbocycles. The first-order chi connectivity index (χ1) is 14.0. The molecule has 1 N–H and O–H groups in total. The topological polar surface area (TPSA) is 79.0 Å². The Morgan fingerprint density at radius 3 is 2.41 bits per heavy atom. The van der Waals surface area contributed by atoms with Crippen LogP contribution in [0.2, 0.25) is 0 Å². The highest BCUT2D eigenvalue weighted by Crippen LogP contribution is 2.29. The lowest BCUT2D eigenvalue weighted by Crippen LogP contribution is -2.46. The molecule has 1 aliphatic heterocycles. The van der Waals surface area contributed by atoms with Gasteiger partial charge in [-0.1, -0.05) is 19.3 Å². The summed E-state index contributed by atoms with van der Waals surface area (Å²) in [5.74, 6) is 0.0850. The van der Waals surface area contributed by atoms with E-state index in [4.69, 9.17) is 4.74 Å². The molecular formula is C22H31N3O4. The molecule has 29 heavy (non-hydrogen) atoms. The molecular weight excluding hydrogens is 370 g/mol. The summed E-state index contributed by atoms with van der Waals surface area (Å²) >= 11 is 0. The van der Waals surface area contributed by atoms with Gasteiger partial charge in [-0.3, -0.25) is 14.5 Å². The minimum Gasteiger partial charge on any atom is -0.449 e. The molecule has 1 atom stereocenters. The third kappa shape index (κ3) is 5.08. The Kier molecular flexibility index (Phi) is 7.12. The molecule has 3 amide bonds. The average Bonchev–Trinajstić information content (AvgIpc) is 3.24.